The number of rotatable bonds is 7. The molecule has 2 nitrogen and oxygen atoms in total. The van der Waals surface area contributed by atoms with Gasteiger partial charge in [-0.1, -0.05) is 36.4 Å². The highest BCUT2D eigenvalue weighted by molar-refractivity contribution is 7.98. The summed E-state index contributed by atoms with van der Waals surface area (Å²) in [6.45, 7) is 2.43. The summed E-state index contributed by atoms with van der Waals surface area (Å²) in [7, 11) is 0. The predicted octanol–water partition coefficient (Wildman–Crippen LogP) is 3.60. The smallest absolute Gasteiger partial charge is 0.0446 e. The van der Waals surface area contributed by atoms with Crippen LogP contribution in [0.3, 0.4) is 0 Å². The van der Waals surface area contributed by atoms with Crippen LogP contribution in [0.2, 0.25) is 0 Å². The second kappa shape index (κ2) is 7.67. The van der Waals surface area contributed by atoms with Crippen molar-refractivity contribution in [3.05, 3.63) is 48.0 Å². The Labute approximate surface area is 125 Å². The van der Waals surface area contributed by atoms with Crippen molar-refractivity contribution in [1.29, 1.82) is 0 Å². The Hall–Kier alpha value is -1.03. The summed E-state index contributed by atoms with van der Waals surface area (Å²) in [6, 6.07) is 15.7. The molecule has 3 heteroatoms. The van der Waals surface area contributed by atoms with Gasteiger partial charge in [-0.25, -0.2) is 0 Å². The quantitative estimate of drug-likeness (QED) is 0.817. The van der Waals surface area contributed by atoms with Crippen molar-refractivity contribution in [2.75, 3.05) is 18.6 Å². The number of benzene rings is 2. The Morgan fingerprint density at radius 2 is 1.90 bits per heavy atom. The first-order chi connectivity index (χ1) is 9.74. The lowest BCUT2D eigenvalue weighted by Crippen LogP contribution is -2.34. The van der Waals surface area contributed by atoms with Gasteiger partial charge in [0.2, 0.25) is 0 Å². The molecule has 2 rings (SSSR count). The fourth-order valence-electron chi connectivity index (χ4n) is 2.50. The molecule has 0 aliphatic heterocycles. The standard InChI is InChI=1S/C17H23NOS/c1-13(18-17(9-10-19)12-20-2)15-8-7-14-5-3-4-6-16(14)11-15/h3-8,11,13,17-19H,9-10,12H2,1-2H3. The van der Waals surface area contributed by atoms with E-state index >= 15 is 0 Å². The maximum atomic E-state index is 9.14. The van der Waals surface area contributed by atoms with Crippen molar-refractivity contribution in [3.63, 3.8) is 0 Å². The SMILES string of the molecule is CSCC(CCO)NC(C)c1ccc2ccccc2c1. The number of hydrogen-bond donors (Lipinski definition) is 2. The van der Waals surface area contributed by atoms with Crippen molar-refractivity contribution >= 4 is 22.5 Å². The molecule has 0 amide bonds. The van der Waals surface area contributed by atoms with E-state index in [-0.39, 0.29) is 6.61 Å². The van der Waals surface area contributed by atoms with Crippen molar-refractivity contribution in [2.24, 2.45) is 0 Å². The van der Waals surface area contributed by atoms with E-state index in [1.807, 2.05) is 11.8 Å². The molecule has 108 valence electrons. The summed E-state index contributed by atoms with van der Waals surface area (Å²) >= 11 is 1.82. The van der Waals surface area contributed by atoms with E-state index in [0.717, 1.165) is 12.2 Å². The summed E-state index contributed by atoms with van der Waals surface area (Å²) in [5.41, 5.74) is 1.30. The van der Waals surface area contributed by atoms with Crippen LogP contribution in [0.5, 0.6) is 0 Å². The Balaban J connectivity index is 2.11. The number of fused-ring (bicyclic) bond motifs is 1. The van der Waals surface area contributed by atoms with Gasteiger partial charge in [0.25, 0.3) is 0 Å². The third-order valence-corrected chi connectivity index (χ3v) is 4.34. The first kappa shape index (κ1) is 15.4. The lowest BCUT2D eigenvalue weighted by atomic mass is 10.0. The van der Waals surface area contributed by atoms with Crippen LogP contribution in [0.4, 0.5) is 0 Å². The molecular weight excluding hydrogens is 266 g/mol. The third-order valence-electron chi connectivity index (χ3n) is 3.60. The maximum Gasteiger partial charge on any atom is 0.0446 e. The number of aliphatic hydroxyl groups excluding tert-OH is 1. The lowest BCUT2D eigenvalue weighted by Gasteiger charge is -2.23. The van der Waals surface area contributed by atoms with Gasteiger partial charge in [-0.05, 0) is 42.0 Å². The van der Waals surface area contributed by atoms with Crippen LogP contribution in [-0.2, 0) is 0 Å². The van der Waals surface area contributed by atoms with Crippen molar-refractivity contribution in [3.8, 4) is 0 Å². The summed E-state index contributed by atoms with van der Waals surface area (Å²) < 4.78 is 0. The zero-order valence-electron chi connectivity index (χ0n) is 12.2. The monoisotopic (exact) mass is 289 g/mol. The molecule has 0 heterocycles. The molecule has 0 saturated carbocycles. The van der Waals surface area contributed by atoms with Crippen LogP contribution in [0.25, 0.3) is 10.8 Å². The summed E-state index contributed by atoms with van der Waals surface area (Å²) in [5.74, 6) is 1.03. The molecule has 0 bridgehead atoms. The molecule has 2 unspecified atom stereocenters. The van der Waals surface area contributed by atoms with E-state index in [9.17, 15) is 0 Å². The van der Waals surface area contributed by atoms with Gasteiger partial charge >= 0.3 is 0 Å². The van der Waals surface area contributed by atoms with Gasteiger partial charge in [-0.2, -0.15) is 11.8 Å². The number of hydrogen-bond acceptors (Lipinski definition) is 3. The Kier molecular flexibility index (Phi) is 5.89. The molecule has 0 fully saturated rings. The van der Waals surface area contributed by atoms with Gasteiger partial charge in [0.15, 0.2) is 0 Å². The number of thioether (sulfide) groups is 1. The van der Waals surface area contributed by atoms with E-state index in [2.05, 4.69) is 61.0 Å². The van der Waals surface area contributed by atoms with Gasteiger partial charge in [0, 0.05) is 24.4 Å². The van der Waals surface area contributed by atoms with Crippen LogP contribution in [0.1, 0.15) is 24.9 Å². The minimum atomic E-state index is 0.239. The van der Waals surface area contributed by atoms with Gasteiger partial charge in [0.05, 0.1) is 0 Å². The van der Waals surface area contributed by atoms with E-state index in [0.29, 0.717) is 12.1 Å². The summed E-state index contributed by atoms with van der Waals surface area (Å²) in [5, 5.41) is 15.3. The predicted molar refractivity (Wildman–Crippen MR) is 89.4 cm³/mol. The molecule has 2 aromatic rings. The second-order valence-electron chi connectivity index (χ2n) is 5.16. The van der Waals surface area contributed by atoms with Crippen LogP contribution in [0.15, 0.2) is 42.5 Å². The van der Waals surface area contributed by atoms with Crippen LogP contribution in [-0.4, -0.2) is 29.8 Å². The molecule has 0 aromatic heterocycles. The summed E-state index contributed by atoms with van der Waals surface area (Å²) in [4.78, 5) is 0. The highest BCUT2D eigenvalue weighted by Gasteiger charge is 2.12. The lowest BCUT2D eigenvalue weighted by molar-refractivity contribution is 0.265. The minimum absolute atomic E-state index is 0.239. The van der Waals surface area contributed by atoms with E-state index in [4.69, 9.17) is 5.11 Å². The first-order valence-electron chi connectivity index (χ1n) is 7.09. The first-order valence-corrected chi connectivity index (χ1v) is 8.48. The molecule has 2 atom stereocenters. The molecule has 2 aromatic carbocycles. The molecule has 0 aliphatic rings. The Bertz CT molecular complexity index is 537. The van der Waals surface area contributed by atoms with Crippen molar-refractivity contribution < 1.29 is 5.11 Å². The maximum absolute atomic E-state index is 9.14. The largest absolute Gasteiger partial charge is 0.396 e. The van der Waals surface area contributed by atoms with Gasteiger partial charge in [-0.15, -0.1) is 0 Å². The fourth-order valence-corrected chi connectivity index (χ4v) is 3.16. The molecule has 20 heavy (non-hydrogen) atoms. The van der Waals surface area contributed by atoms with Crippen LogP contribution in [0, 0.1) is 0 Å². The van der Waals surface area contributed by atoms with Gasteiger partial charge in [-0.3, -0.25) is 0 Å². The van der Waals surface area contributed by atoms with Crippen LogP contribution >= 0.6 is 11.8 Å². The van der Waals surface area contributed by atoms with E-state index in [1.54, 1.807) is 0 Å². The van der Waals surface area contributed by atoms with Crippen molar-refractivity contribution in [1.82, 2.24) is 5.32 Å². The molecular formula is C17H23NOS. The highest BCUT2D eigenvalue weighted by Crippen LogP contribution is 2.21. The summed E-state index contributed by atoms with van der Waals surface area (Å²) in [6.07, 6.45) is 2.91. The van der Waals surface area contributed by atoms with Gasteiger partial charge < -0.3 is 10.4 Å². The normalized spacial score (nSPS) is 14.3. The van der Waals surface area contributed by atoms with Gasteiger partial charge in [0.1, 0.15) is 0 Å². The molecule has 2 N–H and O–H groups in total. The highest BCUT2D eigenvalue weighted by atomic mass is 32.2. The second-order valence-corrected chi connectivity index (χ2v) is 6.07. The minimum Gasteiger partial charge on any atom is -0.396 e. The third kappa shape index (κ3) is 3.98. The number of nitrogens with one attached hydrogen (secondary N) is 1. The fraction of sp³-hybridized carbons (Fsp3) is 0.412. The zero-order valence-corrected chi connectivity index (χ0v) is 13.0. The molecule has 0 spiro atoms. The molecule has 0 saturated heterocycles. The average Bonchev–Trinajstić information content (AvgIpc) is 2.47. The topological polar surface area (TPSA) is 32.3 Å². The average molecular weight is 289 g/mol. The Morgan fingerprint density at radius 1 is 1.15 bits per heavy atom. The van der Waals surface area contributed by atoms with E-state index < -0.39 is 0 Å². The molecule has 0 radical (unpaired) electrons. The van der Waals surface area contributed by atoms with E-state index in [1.165, 1.54) is 16.3 Å². The van der Waals surface area contributed by atoms with Crippen LogP contribution < -0.4 is 5.32 Å². The number of aliphatic hydroxyl groups is 1. The van der Waals surface area contributed by atoms with Crippen molar-refractivity contribution in [2.45, 2.75) is 25.4 Å². The Morgan fingerprint density at radius 3 is 2.60 bits per heavy atom. The molecule has 0 aliphatic carbocycles. The zero-order chi connectivity index (χ0) is 14.4.